The van der Waals surface area contributed by atoms with Crippen molar-refractivity contribution in [1.82, 2.24) is 0 Å². The molecule has 3 N–H and O–H groups in total. The van der Waals surface area contributed by atoms with E-state index in [9.17, 15) is 4.79 Å². The Morgan fingerprint density at radius 3 is 2.35 bits per heavy atom. The topological polar surface area (TPSA) is 55.1 Å². The number of carbonyl (C=O) groups excluding carboxylic acids is 1. The molecular weight excluding hydrogens is 272 g/mol. The van der Waals surface area contributed by atoms with Crippen LogP contribution in [0, 0.1) is 0 Å². The second-order valence-electron chi connectivity index (χ2n) is 4.97. The molecule has 0 fully saturated rings. The SMILES string of the molecule is CC(C)c1ccc(NC(=O)c2ccc(Cl)c(N)c2)cc1. The second-order valence-corrected chi connectivity index (χ2v) is 5.37. The quantitative estimate of drug-likeness (QED) is 0.828. The molecule has 0 aromatic heterocycles. The number of hydrogen-bond acceptors (Lipinski definition) is 2. The molecule has 2 rings (SSSR count). The average molecular weight is 289 g/mol. The van der Waals surface area contributed by atoms with Gasteiger partial charge in [0.15, 0.2) is 0 Å². The van der Waals surface area contributed by atoms with Crippen LogP contribution in [0.1, 0.15) is 35.7 Å². The zero-order valence-electron chi connectivity index (χ0n) is 11.5. The summed E-state index contributed by atoms with van der Waals surface area (Å²) >= 11 is 5.84. The van der Waals surface area contributed by atoms with E-state index in [0.717, 1.165) is 5.69 Å². The molecule has 0 aliphatic carbocycles. The number of anilines is 2. The average Bonchev–Trinajstić information content (AvgIpc) is 2.42. The van der Waals surface area contributed by atoms with E-state index in [1.165, 1.54) is 5.56 Å². The van der Waals surface area contributed by atoms with Gasteiger partial charge < -0.3 is 11.1 Å². The molecule has 4 heteroatoms. The second kappa shape index (κ2) is 5.97. The van der Waals surface area contributed by atoms with Gasteiger partial charge in [-0.05, 0) is 41.8 Å². The monoisotopic (exact) mass is 288 g/mol. The maximum Gasteiger partial charge on any atom is 0.255 e. The first-order valence-electron chi connectivity index (χ1n) is 6.43. The highest BCUT2D eigenvalue weighted by Gasteiger charge is 2.08. The van der Waals surface area contributed by atoms with Crippen LogP contribution in [0.5, 0.6) is 0 Å². The van der Waals surface area contributed by atoms with Crippen molar-refractivity contribution in [3.63, 3.8) is 0 Å². The molecule has 104 valence electrons. The first kappa shape index (κ1) is 14.4. The van der Waals surface area contributed by atoms with E-state index in [4.69, 9.17) is 17.3 Å². The number of carbonyl (C=O) groups is 1. The molecule has 0 unspecified atom stereocenters. The summed E-state index contributed by atoms with van der Waals surface area (Å²) in [4.78, 5) is 12.1. The van der Waals surface area contributed by atoms with Gasteiger partial charge in [0.2, 0.25) is 0 Å². The van der Waals surface area contributed by atoms with E-state index in [0.29, 0.717) is 22.2 Å². The lowest BCUT2D eigenvalue weighted by Crippen LogP contribution is -2.12. The van der Waals surface area contributed by atoms with Crippen molar-refractivity contribution in [2.45, 2.75) is 19.8 Å². The summed E-state index contributed by atoms with van der Waals surface area (Å²) in [6.45, 7) is 4.26. The number of benzene rings is 2. The zero-order valence-corrected chi connectivity index (χ0v) is 12.2. The molecule has 0 aliphatic heterocycles. The number of halogens is 1. The van der Waals surface area contributed by atoms with Crippen LogP contribution >= 0.6 is 11.6 Å². The summed E-state index contributed by atoms with van der Waals surface area (Å²) in [5.41, 5.74) is 8.57. The largest absolute Gasteiger partial charge is 0.398 e. The summed E-state index contributed by atoms with van der Waals surface area (Å²) in [6, 6.07) is 12.6. The Bertz CT molecular complexity index is 621. The van der Waals surface area contributed by atoms with Gasteiger partial charge in [-0.1, -0.05) is 37.6 Å². The smallest absolute Gasteiger partial charge is 0.255 e. The van der Waals surface area contributed by atoms with E-state index in [1.807, 2.05) is 24.3 Å². The van der Waals surface area contributed by atoms with Crippen LogP contribution in [-0.2, 0) is 0 Å². The van der Waals surface area contributed by atoms with Gasteiger partial charge in [-0.3, -0.25) is 4.79 Å². The third kappa shape index (κ3) is 3.31. The van der Waals surface area contributed by atoms with Crippen molar-refractivity contribution in [3.8, 4) is 0 Å². The third-order valence-electron chi connectivity index (χ3n) is 3.09. The minimum Gasteiger partial charge on any atom is -0.398 e. The van der Waals surface area contributed by atoms with Crippen molar-refractivity contribution in [1.29, 1.82) is 0 Å². The summed E-state index contributed by atoms with van der Waals surface area (Å²) < 4.78 is 0. The molecule has 0 bridgehead atoms. The van der Waals surface area contributed by atoms with Crippen molar-refractivity contribution >= 4 is 28.9 Å². The van der Waals surface area contributed by atoms with E-state index in [1.54, 1.807) is 18.2 Å². The summed E-state index contributed by atoms with van der Waals surface area (Å²) in [5.74, 6) is 0.265. The van der Waals surface area contributed by atoms with Gasteiger partial charge in [-0.2, -0.15) is 0 Å². The fourth-order valence-corrected chi connectivity index (χ4v) is 1.96. The lowest BCUT2D eigenvalue weighted by atomic mass is 10.0. The van der Waals surface area contributed by atoms with Gasteiger partial charge in [0.25, 0.3) is 5.91 Å². The Kier molecular flexibility index (Phi) is 4.30. The molecule has 0 spiro atoms. The van der Waals surface area contributed by atoms with Gasteiger partial charge in [0.1, 0.15) is 0 Å². The molecule has 0 radical (unpaired) electrons. The number of nitrogens with two attached hydrogens (primary N) is 1. The highest BCUT2D eigenvalue weighted by atomic mass is 35.5. The Labute approximate surface area is 123 Å². The van der Waals surface area contributed by atoms with Crippen molar-refractivity contribution in [2.75, 3.05) is 11.1 Å². The van der Waals surface area contributed by atoms with Crippen LogP contribution in [0.25, 0.3) is 0 Å². The predicted octanol–water partition coefficient (Wildman–Crippen LogP) is 4.30. The Balaban J connectivity index is 2.12. The fraction of sp³-hybridized carbons (Fsp3) is 0.188. The molecule has 2 aromatic rings. The van der Waals surface area contributed by atoms with Gasteiger partial charge in [-0.15, -0.1) is 0 Å². The normalized spacial score (nSPS) is 10.6. The van der Waals surface area contributed by atoms with Crippen LogP contribution in [0.4, 0.5) is 11.4 Å². The molecule has 1 amide bonds. The Morgan fingerprint density at radius 1 is 1.15 bits per heavy atom. The highest BCUT2D eigenvalue weighted by Crippen LogP contribution is 2.21. The van der Waals surface area contributed by atoms with Crippen LogP contribution in [0.2, 0.25) is 5.02 Å². The highest BCUT2D eigenvalue weighted by molar-refractivity contribution is 6.33. The van der Waals surface area contributed by atoms with Gasteiger partial charge in [0, 0.05) is 11.3 Å². The first-order chi connectivity index (χ1) is 9.47. The van der Waals surface area contributed by atoms with Crippen LogP contribution in [-0.4, -0.2) is 5.91 Å². The van der Waals surface area contributed by atoms with Gasteiger partial charge >= 0.3 is 0 Å². The Morgan fingerprint density at radius 2 is 1.80 bits per heavy atom. The Hall–Kier alpha value is -2.00. The van der Waals surface area contributed by atoms with Crippen molar-refractivity contribution in [3.05, 3.63) is 58.6 Å². The molecular formula is C16H17ClN2O. The third-order valence-corrected chi connectivity index (χ3v) is 3.44. The van der Waals surface area contributed by atoms with Crippen LogP contribution < -0.4 is 11.1 Å². The van der Waals surface area contributed by atoms with Crippen LogP contribution in [0.3, 0.4) is 0 Å². The summed E-state index contributed by atoms with van der Waals surface area (Å²) in [6.07, 6.45) is 0. The maximum atomic E-state index is 12.1. The molecule has 0 saturated heterocycles. The van der Waals surface area contributed by atoms with E-state index in [-0.39, 0.29) is 5.91 Å². The summed E-state index contributed by atoms with van der Waals surface area (Å²) in [5, 5.41) is 3.28. The molecule has 0 aliphatic rings. The fourth-order valence-electron chi connectivity index (χ4n) is 1.84. The van der Waals surface area contributed by atoms with E-state index >= 15 is 0 Å². The van der Waals surface area contributed by atoms with Gasteiger partial charge in [0.05, 0.1) is 10.7 Å². The van der Waals surface area contributed by atoms with E-state index in [2.05, 4.69) is 19.2 Å². The summed E-state index contributed by atoms with van der Waals surface area (Å²) in [7, 11) is 0. The number of rotatable bonds is 3. The maximum absolute atomic E-state index is 12.1. The van der Waals surface area contributed by atoms with E-state index < -0.39 is 0 Å². The number of nitrogen functional groups attached to an aromatic ring is 1. The van der Waals surface area contributed by atoms with Crippen LogP contribution in [0.15, 0.2) is 42.5 Å². The molecule has 20 heavy (non-hydrogen) atoms. The number of nitrogens with one attached hydrogen (secondary N) is 1. The first-order valence-corrected chi connectivity index (χ1v) is 6.81. The number of amides is 1. The standard InChI is InChI=1S/C16H17ClN2O/c1-10(2)11-3-6-13(7-4-11)19-16(20)12-5-8-14(17)15(18)9-12/h3-10H,18H2,1-2H3,(H,19,20). The molecule has 0 saturated carbocycles. The van der Waals surface area contributed by atoms with Gasteiger partial charge in [-0.25, -0.2) is 0 Å². The molecule has 2 aromatic carbocycles. The lowest BCUT2D eigenvalue weighted by Gasteiger charge is -2.09. The molecule has 0 atom stereocenters. The molecule has 0 heterocycles. The number of hydrogen-bond donors (Lipinski definition) is 2. The van der Waals surface area contributed by atoms with Crippen molar-refractivity contribution < 1.29 is 4.79 Å². The minimum atomic E-state index is -0.203. The molecule has 3 nitrogen and oxygen atoms in total. The predicted molar refractivity (Wildman–Crippen MR) is 84.3 cm³/mol. The zero-order chi connectivity index (χ0) is 14.7. The lowest BCUT2D eigenvalue weighted by molar-refractivity contribution is 0.102. The minimum absolute atomic E-state index is 0.203. The van der Waals surface area contributed by atoms with Crippen molar-refractivity contribution in [2.24, 2.45) is 0 Å².